The molecule has 0 aliphatic heterocycles. The van der Waals surface area contributed by atoms with Gasteiger partial charge in [-0.2, -0.15) is 4.98 Å². The molecule has 1 saturated carbocycles. The van der Waals surface area contributed by atoms with Crippen molar-refractivity contribution in [3.63, 3.8) is 0 Å². The van der Waals surface area contributed by atoms with Crippen LogP contribution in [-0.2, 0) is 0 Å². The van der Waals surface area contributed by atoms with E-state index in [-0.39, 0.29) is 18.4 Å². The molecule has 2 aromatic rings. The van der Waals surface area contributed by atoms with Crippen LogP contribution in [0.1, 0.15) is 56.2 Å². The second-order valence-corrected chi connectivity index (χ2v) is 5.20. The Kier molecular flexibility index (Phi) is 4.73. The van der Waals surface area contributed by atoms with E-state index in [2.05, 4.69) is 21.2 Å². The number of nitrogens with two attached hydrogens (primary N) is 1. The standard InChI is InChI=1S/C14H18N4O.ClH/c1-9(15)14-17-13(18-19-14)11-6-7-16-12(8-11)10-4-2-3-5-10;/h6-10H,2-5,15H2,1H3;1H/t9-;/m0./s1. The van der Waals surface area contributed by atoms with Crippen LogP contribution in [0, 0.1) is 0 Å². The van der Waals surface area contributed by atoms with Crippen LogP contribution in [0.2, 0.25) is 0 Å². The first-order valence-corrected chi connectivity index (χ1v) is 6.79. The van der Waals surface area contributed by atoms with Crippen LogP contribution < -0.4 is 5.73 Å². The van der Waals surface area contributed by atoms with Crippen LogP contribution >= 0.6 is 12.4 Å². The number of nitrogens with zero attached hydrogens (tertiary/aromatic N) is 3. The first-order valence-electron chi connectivity index (χ1n) is 6.79. The van der Waals surface area contributed by atoms with Crippen LogP contribution in [0.25, 0.3) is 11.4 Å². The first-order chi connectivity index (χ1) is 9.24. The molecule has 5 nitrogen and oxygen atoms in total. The molecule has 3 rings (SSSR count). The van der Waals surface area contributed by atoms with Gasteiger partial charge in [-0.05, 0) is 31.9 Å². The molecule has 0 bridgehead atoms. The van der Waals surface area contributed by atoms with Crippen molar-refractivity contribution in [2.75, 3.05) is 0 Å². The van der Waals surface area contributed by atoms with Gasteiger partial charge >= 0.3 is 0 Å². The lowest BCUT2D eigenvalue weighted by Crippen LogP contribution is -2.04. The minimum atomic E-state index is -0.239. The number of pyridine rings is 1. The maximum absolute atomic E-state index is 5.73. The van der Waals surface area contributed by atoms with Crippen LogP contribution in [0.5, 0.6) is 0 Å². The predicted molar refractivity (Wildman–Crippen MR) is 78.6 cm³/mol. The van der Waals surface area contributed by atoms with Gasteiger partial charge in [0.15, 0.2) is 0 Å². The van der Waals surface area contributed by atoms with E-state index in [1.807, 2.05) is 19.2 Å². The maximum Gasteiger partial charge on any atom is 0.243 e. The molecule has 0 unspecified atom stereocenters. The quantitative estimate of drug-likeness (QED) is 0.940. The largest absolute Gasteiger partial charge is 0.337 e. The Balaban J connectivity index is 0.00000147. The molecule has 20 heavy (non-hydrogen) atoms. The lowest BCUT2D eigenvalue weighted by molar-refractivity contribution is 0.362. The van der Waals surface area contributed by atoms with Gasteiger partial charge in [0.2, 0.25) is 11.7 Å². The summed E-state index contributed by atoms with van der Waals surface area (Å²) in [6.45, 7) is 1.83. The summed E-state index contributed by atoms with van der Waals surface area (Å²) in [7, 11) is 0. The SMILES string of the molecule is C[C@H](N)c1nc(-c2ccnc(C3CCCC3)c2)no1.Cl. The van der Waals surface area contributed by atoms with Crippen molar-refractivity contribution < 1.29 is 4.52 Å². The molecule has 1 atom stereocenters. The van der Waals surface area contributed by atoms with Gasteiger partial charge in [0.05, 0.1) is 6.04 Å². The fraction of sp³-hybridized carbons (Fsp3) is 0.500. The lowest BCUT2D eigenvalue weighted by Gasteiger charge is -2.08. The molecule has 0 radical (unpaired) electrons. The van der Waals surface area contributed by atoms with E-state index in [0.717, 1.165) is 11.3 Å². The van der Waals surface area contributed by atoms with Crippen LogP contribution in [0.3, 0.4) is 0 Å². The number of hydrogen-bond donors (Lipinski definition) is 1. The van der Waals surface area contributed by atoms with Crippen molar-refractivity contribution in [3.8, 4) is 11.4 Å². The van der Waals surface area contributed by atoms with Crippen molar-refractivity contribution in [1.82, 2.24) is 15.1 Å². The van der Waals surface area contributed by atoms with Crippen LogP contribution in [0.4, 0.5) is 0 Å². The summed E-state index contributed by atoms with van der Waals surface area (Å²) in [5.74, 6) is 1.64. The predicted octanol–water partition coefficient (Wildman–Crippen LogP) is 3.23. The van der Waals surface area contributed by atoms with E-state index >= 15 is 0 Å². The van der Waals surface area contributed by atoms with Crippen molar-refractivity contribution in [3.05, 3.63) is 29.9 Å². The van der Waals surface area contributed by atoms with Crippen LogP contribution in [-0.4, -0.2) is 15.1 Å². The zero-order valence-corrected chi connectivity index (χ0v) is 12.3. The topological polar surface area (TPSA) is 77.8 Å². The Hall–Kier alpha value is -1.46. The molecule has 0 aromatic carbocycles. The van der Waals surface area contributed by atoms with E-state index in [9.17, 15) is 0 Å². The van der Waals surface area contributed by atoms with Crippen molar-refractivity contribution in [2.24, 2.45) is 5.73 Å². The summed E-state index contributed by atoms with van der Waals surface area (Å²) >= 11 is 0. The minimum Gasteiger partial charge on any atom is -0.337 e. The third-order valence-corrected chi connectivity index (χ3v) is 3.64. The fourth-order valence-corrected chi connectivity index (χ4v) is 2.57. The molecule has 2 aromatic heterocycles. The second-order valence-electron chi connectivity index (χ2n) is 5.20. The molecule has 1 fully saturated rings. The molecule has 0 amide bonds. The Morgan fingerprint density at radius 3 is 2.75 bits per heavy atom. The normalized spacial score (nSPS) is 16.9. The molecular formula is C14H19ClN4O. The number of hydrogen-bond acceptors (Lipinski definition) is 5. The minimum absolute atomic E-state index is 0. The van der Waals surface area contributed by atoms with E-state index in [1.165, 1.54) is 25.7 Å². The maximum atomic E-state index is 5.73. The molecule has 0 saturated heterocycles. The fourth-order valence-electron chi connectivity index (χ4n) is 2.57. The van der Waals surface area contributed by atoms with Gasteiger partial charge in [0.25, 0.3) is 0 Å². The highest BCUT2D eigenvalue weighted by Gasteiger charge is 2.19. The molecule has 2 heterocycles. The van der Waals surface area contributed by atoms with E-state index in [1.54, 1.807) is 0 Å². The summed E-state index contributed by atoms with van der Waals surface area (Å²) < 4.78 is 5.14. The third-order valence-electron chi connectivity index (χ3n) is 3.64. The zero-order valence-electron chi connectivity index (χ0n) is 11.5. The monoisotopic (exact) mass is 294 g/mol. The molecule has 6 heteroatoms. The Bertz CT molecular complexity index is 564. The molecule has 0 spiro atoms. The van der Waals surface area contributed by atoms with E-state index in [4.69, 9.17) is 10.3 Å². The van der Waals surface area contributed by atoms with Gasteiger partial charge in [0.1, 0.15) is 0 Å². The summed E-state index contributed by atoms with van der Waals surface area (Å²) in [6, 6.07) is 3.75. The molecule has 1 aliphatic carbocycles. The van der Waals surface area contributed by atoms with Crippen molar-refractivity contribution in [1.29, 1.82) is 0 Å². The third kappa shape index (κ3) is 2.99. The number of rotatable bonds is 3. The highest BCUT2D eigenvalue weighted by atomic mass is 35.5. The number of aromatic nitrogens is 3. The van der Waals surface area contributed by atoms with Crippen molar-refractivity contribution in [2.45, 2.75) is 44.6 Å². The molecular weight excluding hydrogens is 276 g/mol. The smallest absolute Gasteiger partial charge is 0.243 e. The van der Waals surface area contributed by atoms with Crippen molar-refractivity contribution >= 4 is 12.4 Å². The van der Waals surface area contributed by atoms with Gasteiger partial charge in [0, 0.05) is 23.4 Å². The summed E-state index contributed by atoms with van der Waals surface area (Å²) in [5.41, 5.74) is 7.82. The van der Waals surface area contributed by atoms with E-state index < -0.39 is 0 Å². The van der Waals surface area contributed by atoms with E-state index in [0.29, 0.717) is 17.6 Å². The summed E-state index contributed by atoms with van der Waals surface area (Å²) in [6.07, 6.45) is 6.88. The summed E-state index contributed by atoms with van der Waals surface area (Å²) in [4.78, 5) is 8.80. The molecule has 108 valence electrons. The average Bonchev–Trinajstić information content (AvgIpc) is 3.10. The lowest BCUT2D eigenvalue weighted by atomic mass is 10.0. The molecule has 2 N–H and O–H groups in total. The Morgan fingerprint density at radius 2 is 2.10 bits per heavy atom. The second kappa shape index (κ2) is 6.33. The highest BCUT2D eigenvalue weighted by molar-refractivity contribution is 5.85. The Morgan fingerprint density at radius 1 is 1.35 bits per heavy atom. The van der Waals surface area contributed by atoms with Gasteiger partial charge in [-0.3, -0.25) is 4.98 Å². The number of halogens is 1. The highest BCUT2D eigenvalue weighted by Crippen LogP contribution is 2.34. The Labute approximate surface area is 124 Å². The molecule has 1 aliphatic rings. The average molecular weight is 295 g/mol. The van der Waals surface area contributed by atoms with Gasteiger partial charge in [-0.1, -0.05) is 18.0 Å². The van der Waals surface area contributed by atoms with Crippen LogP contribution in [0.15, 0.2) is 22.9 Å². The zero-order chi connectivity index (χ0) is 13.2. The summed E-state index contributed by atoms with van der Waals surface area (Å²) in [5, 5.41) is 3.98. The van der Waals surface area contributed by atoms with Gasteiger partial charge in [-0.25, -0.2) is 0 Å². The first kappa shape index (κ1) is 14.9. The van der Waals surface area contributed by atoms with Gasteiger partial charge < -0.3 is 10.3 Å². The van der Waals surface area contributed by atoms with Gasteiger partial charge in [-0.15, -0.1) is 12.4 Å².